The third-order valence-corrected chi connectivity index (χ3v) is 6.30. The van der Waals surface area contributed by atoms with Gasteiger partial charge in [-0.15, -0.1) is 11.3 Å². The molecule has 0 spiro atoms. The SMILES string of the molecule is C=CC(=O)N(C)CC(=O)N1CCC(C)(c2nc3ccccc3s2)CC1. The van der Waals surface area contributed by atoms with Crippen molar-refractivity contribution in [1.82, 2.24) is 14.8 Å². The molecular formula is C19H23N3O2S. The van der Waals surface area contributed by atoms with Gasteiger partial charge in [0.15, 0.2) is 0 Å². The Morgan fingerprint density at radius 2 is 2.04 bits per heavy atom. The van der Waals surface area contributed by atoms with Gasteiger partial charge >= 0.3 is 0 Å². The van der Waals surface area contributed by atoms with Crippen LogP contribution in [-0.2, 0) is 15.0 Å². The van der Waals surface area contributed by atoms with Crippen LogP contribution in [0, 0.1) is 0 Å². The van der Waals surface area contributed by atoms with Gasteiger partial charge in [-0.3, -0.25) is 9.59 Å². The predicted molar refractivity (Wildman–Crippen MR) is 101 cm³/mol. The molecule has 0 unspecified atom stereocenters. The number of carbonyl (C=O) groups excluding carboxylic acids is 2. The summed E-state index contributed by atoms with van der Waals surface area (Å²) >= 11 is 1.75. The lowest BCUT2D eigenvalue weighted by atomic mass is 9.81. The molecule has 1 aliphatic heterocycles. The average Bonchev–Trinajstić information content (AvgIpc) is 3.06. The summed E-state index contributed by atoms with van der Waals surface area (Å²) in [6, 6.07) is 8.19. The summed E-state index contributed by atoms with van der Waals surface area (Å²) in [5.41, 5.74) is 1.05. The van der Waals surface area contributed by atoms with Gasteiger partial charge in [0.2, 0.25) is 11.8 Å². The third kappa shape index (κ3) is 3.58. The normalized spacial score (nSPS) is 16.6. The second kappa shape index (κ2) is 6.96. The number of likely N-dealkylation sites (tertiary alicyclic amines) is 1. The Labute approximate surface area is 151 Å². The number of nitrogens with zero attached hydrogens (tertiary/aromatic N) is 3. The van der Waals surface area contributed by atoms with E-state index in [0.29, 0.717) is 13.1 Å². The molecule has 0 N–H and O–H groups in total. The van der Waals surface area contributed by atoms with Gasteiger partial charge in [0, 0.05) is 25.6 Å². The van der Waals surface area contributed by atoms with E-state index >= 15 is 0 Å². The Balaban J connectivity index is 1.65. The Hall–Kier alpha value is -2.21. The first-order valence-electron chi connectivity index (χ1n) is 8.44. The molecule has 0 aliphatic carbocycles. The lowest BCUT2D eigenvalue weighted by Gasteiger charge is -2.38. The molecule has 1 aliphatic rings. The topological polar surface area (TPSA) is 53.5 Å². The van der Waals surface area contributed by atoms with E-state index in [0.717, 1.165) is 23.4 Å². The van der Waals surface area contributed by atoms with Gasteiger partial charge < -0.3 is 9.80 Å². The number of benzene rings is 1. The Morgan fingerprint density at radius 1 is 1.36 bits per heavy atom. The van der Waals surface area contributed by atoms with Crippen molar-refractivity contribution in [3.63, 3.8) is 0 Å². The number of rotatable bonds is 4. The highest BCUT2D eigenvalue weighted by Crippen LogP contribution is 2.39. The number of hydrogen-bond donors (Lipinski definition) is 0. The molecule has 0 saturated carbocycles. The Morgan fingerprint density at radius 3 is 2.68 bits per heavy atom. The molecular weight excluding hydrogens is 334 g/mol. The van der Waals surface area contributed by atoms with Crippen LogP contribution < -0.4 is 0 Å². The van der Waals surface area contributed by atoms with Gasteiger partial charge in [0.1, 0.15) is 0 Å². The highest BCUT2D eigenvalue weighted by atomic mass is 32.1. The zero-order valence-electron chi connectivity index (χ0n) is 14.7. The number of aromatic nitrogens is 1. The first-order chi connectivity index (χ1) is 11.9. The van der Waals surface area contributed by atoms with Crippen molar-refractivity contribution in [2.24, 2.45) is 0 Å². The standard InChI is InChI=1S/C19H23N3O2S/c1-4-16(23)21(3)13-17(24)22-11-9-19(2,10-12-22)18-20-14-7-5-6-8-15(14)25-18/h4-8H,1,9-13H2,2-3H3. The van der Waals surface area contributed by atoms with Crippen molar-refractivity contribution >= 4 is 33.4 Å². The number of fused-ring (bicyclic) bond motifs is 1. The second-order valence-electron chi connectivity index (χ2n) is 6.83. The van der Waals surface area contributed by atoms with E-state index in [2.05, 4.69) is 19.6 Å². The molecule has 2 amide bonds. The first-order valence-corrected chi connectivity index (χ1v) is 9.26. The molecule has 1 aromatic heterocycles. The van der Waals surface area contributed by atoms with Gasteiger partial charge in [0.25, 0.3) is 0 Å². The molecule has 1 saturated heterocycles. The fraction of sp³-hybridized carbons (Fsp3) is 0.421. The summed E-state index contributed by atoms with van der Waals surface area (Å²) < 4.78 is 1.21. The van der Waals surface area contributed by atoms with Crippen LogP contribution in [0.15, 0.2) is 36.9 Å². The zero-order valence-corrected chi connectivity index (χ0v) is 15.5. The third-order valence-electron chi connectivity index (χ3n) is 4.95. The van der Waals surface area contributed by atoms with E-state index in [1.807, 2.05) is 23.1 Å². The molecule has 1 aromatic carbocycles. The second-order valence-corrected chi connectivity index (χ2v) is 7.86. The monoisotopic (exact) mass is 357 g/mol. The summed E-state index contributed by atoms with van der Waals surface area (Å²) in [6.07, 6.45) is 3.00. The first kappa shape index (κ1) is 17.6. The lowest BCUT2D eigenvalue weighted by molar-refractivity contribution is -0.138. The van der Waals surface area contributed by atoms with E-state index < -0.39 is 0 Å². The summed E-state index contributed by atoms with van der Waals surface area (Å²) in [5.74, 6) is -0.242. The molecule has 3 rings (SSSR count). The van der Waals surface area contributed by atoms with Crippen LogP contribution in [0.1, 0.15) is 24.8 Å². The Bertz CT molecular complexity index is 773. The van der Waals surface area contributed by atoms with Crippen LogP contribution in [0.4, 0.5) is 0 Å². The molecule has 1 fully saturated rings. The number of thiazole rings is 1. The van der Waals surface area contributed by atoms with E-state index in [1.165, 1.54) is 15.7 Å². The van der Waals surface area contributed by atoms with Crippen LogP contribution in [0.2, 0.25) is 0 Å². The highest BCUT2D eigenvalue weighted by Gasteiger charge is 2.36. The molecule has 0 radical (unpaired) electrons. The minimum Gasteiger partial charge on any atom is -0.341 e. The molecule has 0 atom stereocenters. The fourth-order valence-electron chi connectivity index (χ4n) is 3.13. The summed E-state index contributed by atoms with van der Waals surface area (Å²) in [4.78, 5) is 32.0. The average molecular weight is 357 g/mol. The van der Waals surface area contributed by atoms with Gasteiger partial charge in [-0.25, -0.2) is 4.98 Å². The number of para-hydroxylation sites is 1. The van der Waals surface area contributed by atoms with Crippen LogP contribution in [0.5, 0.6) is 0 Å². The zero-order chi connectivity index (χ0) is 18.0. The molecule has 132 valence electrons. The predicted octanol–water partition coefficient (Wildman–Crippen LogP) is 2.82. The Kier molecular flexibility index (Phi) is 4.90. The number of hydrogen-bond acceptors (Lipinski definition) is 4. The number of piperidine rings is 1. The molecule has 6 heteroatoms. The molecule has 25 heavy (non-hydrogen) atoms. The van der Waals surface area contributed by atoms with Crippen molar-refractivity contribution in [3.8, 4) is 0 Å². The maximum atomic E-state index is 12.4. The number of likely N-dealkylation sites (N-methyl/N-ethyl adjacent to an activating group) is 1. The smallest absolute Gasteiger partial charge is 0.246 e. The van der Waals surface area contributed by atoms with Crippen LogP contribution in [0.3, 0.4) is 0 Å². The molecule has 5 nitrogen and oxygen atoms in total. The fourth-order valence-corrected chi connectivity index (χ4v) is 4.30. The van der Waals surface area contributed by atoms with E-state index in [-0.39, 0.29) is 23.8 Å². The molecule has 0 bridgehead atoms. The minimum absolute atomic E-state index is 0.00328. The van der Waals surface area contributed by atoms with Crippen molar-refractivity contribution in [1.29, 1.82) is 0 Å². The summed E-state index contributed by atoms with van der Waals surface area (Å²) in [7, 11) is 1.62. The van der Waals surface area contributed by atoms with Crippen LogP contribution >= 0.6 is 11.3 Å². The van der Waals surface area contributed by atoms with Gasteiger partial charge in [-0.05, 0) is 31.1 Å². The highest BCUT2D eigenvalue weighted by molar-refractivity contribution is 7.18. The number of amides is 2. The van der Waals surface area contributed by atoms with Crippen LogP contribution in [-0.4, -0.2) is 53.3 Å². The maximum absolute atomic E-state index is 12.4. The van der Waals surface area contributed by atoms with Gasteiger partial charge in [-0.1, -0.05) is 25.6 Å². The van der Waals surface area contributed by atoms with Crippen molar-refractivity contribution < 1.29 is 9.59 Å². The number of carbonyl (C=O) groups is 2. The minimum atomic E-state index is -0.232. The van der Waals surface area contributed by atoms with Gasteiger partial charge in [0.05, 0.1) is 21.8 Å². The molecule has 2 aromatic rings. The van der Waals surface area contributed by atoms with Crippen LogP contribution in [0.25, 0.3) is 10.2 Å². The van der Waals surface area contributed by atoms with Crippen molar-refractivity contribution in [3.05, 3.63) is 41.9 Å². The largest absolute Gasteiger partial charge is 0.341 e. The maximum Gasteiger partial charge on any atom is 0.246 e. The van der Waals surface area contributed by atoms with E-state index in [1.54, 1.807) is 18.4 Å². The van der Waals surface area contributed by atoms with Gasteiger partial charge in [-0.2, -0.15) is 0 Å². The summed E-state index contributed by atoms with van der Waals surface area (Å²) in [6.45, 7) is 7.18. The molecule has 2 heterocycles. The quantitative estimate of drug-likeness (QED) is 0.791. The van der Waals surface area contributed by atoms with E-state index in [4.69, 9.17) is 4.98 Å². The lowest BCUT2D eigenvalue weighted by Crippen LogP contribution is -2.47. The van der Waals surface area contributed by atoms with Crippen molar-refractivity contribution in [2.45, 2.75) is 25.2 Å². The summed E-state index contributed by atoms with van der Waals surface area (Å²) in [5, 5.41) is 1.15. The van der Waals surface area contributed by atoms with Crippen molar-refractivity contribution in [2.75, 3.05) is 26.7 Å². The van der Waals surface area contributed by atoms with E-state index in [9.17, 15) is 9.59 Å².